The topological polar surface area (TPSA) is 87.9 Å². The molecule has 3 N–H and O–H groups in total. The van der Waals surface area contributed by atoms with Gasteiger partial charge < -0.3 is 4.42 Å². The zero-order valence-corrected chi connectivity index (χ0v) is 6.01. The summed E-state index contributed by atoms with van der Waals surface area (Å²) < 4.78 is 39.9. The molecule has 0 atom stereocenters. The second-order valence-electron chi connectivity index (χ2n) is 1.95. The monoisotopic (exact) mass is 192 g/mol. The molecule has 0 aromatic carbocycles. The third kappa shape index (κ3) is 1.70. The van der Waals surface area contributed by atoms with Gasteiger partial charge in [0.15, 0.2) is 0 Å². The van der Waals surface area contributed by atoms with Gasteiger partial charge in [0, 0.05) is 0 Å². The molecular weight excluding hydrogens is 189 g/mol. The minimum absolute atomic E-state index is 0.505. The summed E-state index contributed by atoms with van der Waals surface area (Å²) in [5.74, 6) is 2.77. The maximum atomic E-state index is 11.9. The van der Waals surface area contributed by atoms with E-state index in [2.05, 4.69) is 9.40 Å². The SMILES string of the molecule is N#Cc1nc(C(F)(F)F)oc1NN. The van der Waals surface area contributed by atoms with Gasteiger partial charge in [-0.3, -0.25) is 5.43 Å². The average molecular weight is 192 g/mol. The van der Waals surface area contributed by atoms with E-state index < -0.39 is 23.6 Å². The number of nitrogens with two attached hydrogens (primary N) is 1. The van der Waals surface area contributed by atoms with Crippen molar-refractivity contribution < 1.29 is 17.6 Å². The van der Waals surface area contributed by atoms with Crippen LogP contribution in [0.25, 0.3) is 0 Å². The highest BCUT2D eigenvalue weighted by Gasteiger charge is 2.38. The Morgan fingerprint density at radius 2 is 2.15 bits per heavy atom. The predicted molar refractivity (Wildman–Crippen MR) is 34.0 cm³/mol. The Labute approximate surface area is 69.9 Å². The molecule has 0 radical (unpaired) electrons. The van der Waals surface area contributed by atoms with Crippen LogP contribution in [0.15, 0.2) is 4.42 Å². The number of nitrogens with one attached hydrogen (secondary N) is 1. The molecule has 1 heterocycles. The van der Waals surface area contributed by atoms with Gasteiger partial charge >= 0.3 is 12.1 Å². The Balaban J connectivity index is 3.16. The molecule has 0 fully saturated rings. The Bertz CT molecular complexity index is 350. The van der Waals surface area contributed by atoms with Crippen molar-refractivity contribution in [2.24, 2.45) is 5.84 Å². The van der Waals surface area contributed by atoms with Gasteiger partial charge in [-0.25, -0.2) is 5.84 Å². The van der Waals surface area contributed by atoms with E-state index in [1.807, 2.05) is 0 Å². The lowest BCUT2D eigenvalue weighted by atomic mass is 10.5. The van der Waals surface area contributed by atoms with Crippen molar-refractivity contribution in [3.63, 3.8) is 0 Å². The van der Waals surface area contributed by atoms with E-state index in [1.165, 1.54) is 6.07 Å². The van der Waals surface area contributed by atoms with E-state index in [1.54, 1.807) is 5.43 Å². The molecule has 0 saturated carbocycles. The van der Waals surface area contributed by atoms with Crippen LogP contribution in [0.1, 0.15) is 11.6 Å². The summed E-state index contributed by atoms with van der Waals surface area (Å²) >= 11 is 0. The lowest BCUT2D eigenvalue weighted by Gasteiger charge is -1.97. The van der Waals surface area contributed by atoms with Gasteiger partial charge in [-0.1, -0.05) is 0 Å². The Morgan fingerprint density at radius 1 is 1.54 bits per heavy atom. The molecule has 0 amide bonds. The molecule has 70 valence electrons. The van der Waals surface area contributed by atoms with Gasteiger partial charge in [-0.05, 0) is 0 Å². The van der Waals surface area contributed by atoms with Crippen molar-refractivity contribution in [1.29, 1.82) is 5.26 Å². The maximum Gasteiger partial charge on any atom is 0.469 e. The summed E-state index contributed by atoms with van der Waals surface area (Å²) in [5, 5.41) is 8.29. The van der Waals surface area contributed by atoms with Crippen LogP contribution in [0.5, 0.6) is 0 Å². The van der Waals surface area contributed by atoms with E-state index in [4.69, 9.17) is 11.1 Å². The van der Waals surface area contributed by atoms with E-state index in [-0.39, 0.29) is 0 Å². The van der Waals surface area contributed by atoms with Gasteiger partial charge in [-0.15, -0.1) is 0 Å². The van der Waals surface area contributed by atoms with Crippen molar-refractivity contribution >= 4 is 5.88 Å². The number of oxazole rings is 1. The summed E-state index contributed by atoms with van der Waals surface area (Å²) in [6, 6.07) is 1.39. The number of aromatic nitrogens is 1. The van der Waals surface area contributed by atoms with Gasteiger partial charge in [0.25, 0.3) is 0 Å². The fraction of sp³-hybridized carbons (Fsp3) is 0.200. The molecule has 13 heavy (non-hydrogen) atoms. The fourth-order valence-corrected chi connectivity index (χ4v) is 0.615. The third-order valence-corrected chi connectivity index (χ3v) is 1.11. The lowest BCUT2D eigenvalue weighted by Crippen LogP contribution is -2.07. The predicted octanol–water partition coefficient (Wildman–Crippen LogP) is 0.851. The molecule has 0 bridgehead atoms. The summed E-state index contributed by atoms with van der Waals surface area (Å²) in [6.07, 6.45) is -4.72. The molecule has 8 heteroatoms. The Hall–Kier alpha value is -1.75. The number of hydrazine groups is 1. The van der Waals surface area contributed by atoms with E-state index in [0.29, 0.717) is 0 Å². The molecule has 5 nitrogen and oxygen atoms in total. The molecule has 0 unspecified atom stereocenters. The van der Waals surface area contributed by atoms with Crippen LogP contribution in [0.2, 0.25) is 0 Å². The van der Waals surface area contributed by atoms with Crippen LogP contribution in [-0.4, -0.2) is 4.98 Å². The van der Waals surface area contributed by atoms with Crippen LogP contribution >= 0.6 is 0 Å². The Morgan fingerprint density at radius 3 is 2.46 bits per heavy atom. The smallest absolute Gasteiger partial charge is 0.414 e. The highest BCUT2D eigenvalue weighted by Crippen LogP contribution is 2.31. The molecule has 1 aromatic rings. The lowest BCUT2D eigenvalue weighted by molar-refractivity contribution is -0.156. The van der Waals surface area contributed by atoms with E-state index in [9.17, 15) is 13.2 Å². The number of alkyl halides is 3. The first-order chi connectivity index (χ1) is 5.99. The maximum absolute atomic E-state index is 11.9. The van der Waals surface area contributed by atoms with Crippen LogP contribution in [0.4, 0.5) is 19.1 Å². The number of hydrogen-bond donors (Lipinski definition) is 2. The van der Waals surface area contributed by atoms with Crippen LogP contribution in [0.3, 0.4) is 0 Å². The molecule has 0 spiro atoms. The summed E-state index contributed by atoms with van der Waals surface area (Å²) in [7, 11) is 0. The van der Waals surface area contributed by atoms with E-state index in [0.717, 1.165) is 0 Å². The molecular formula is C5H3F3N4O. The summed E-state index contributed by atoms with van der Waals surface area (Å²) in [5.41, 5.74) is 1.25. The normalized spacial score (nSPS) is 11.0. The van der Waals surface area contributed by atoms with Gasteiger partial charge in [-0.2, -0.15) is 23.4 Å². The zero-order chi connectivity index (χ0) is 10.1. The van der Waals surface area contributed by atoms with Crippen molar-refractivity contribution in [1.82, 2.24) is 4.98 Å². The number of anilines is 1. The molecule has 0 aliphatic rings. The second kappa shape index (κ2) is 2.95. The quantitative estimate of drug-likeness (QED) is 0.508. The number of halogens is 3. The minimum atomic E-state index is -4.72. The van der Waals surface area contributed by atoms with Gasteiger partial charge in [0.2, 0.25) is 11.6 Å². The summed E-state index contributed by atoms with van der Waals surface area (Å²) in [4.78, 5) is 2.88. The van der Waals surface area contributed by atoms with E-state index >= 15 is 0 Å². The first-order valence-electron chi connectivity index (χ1n) is 2.93. The number of nitrogens with zero attached hydrogens (tertiary/aromatic N) is 2. The Kier molecular flexibility index (Phi) is 2.12. The van der Waals surface area contributed by atoms with Crippen molar-refractivity contribution in [3.8, 4) is 6.07 Å². The van der Waals surface area contributed by atoms with Crippen LogP contribution < -0.4 is 11.3 Å². The second-order valence-corrected chi connectivity index (χ2v) is 1.95. The molecule has 0 aliphatic heterocycles. The van der Waals surface area contributed by atoms with Crippen molar-refractivity contribution in [2.45, 2.75) is 6.18 Å². The highest BCUT2D eigenvalue weighted by atomic mass is 19.4. The van der Waals surface area contributed by atoms with Crippen LogP contribution in [0, 0.1) is 11.3 Å². The first kappa shape index (κ1) is 9.34. The van der Waals surface area contributed by atoms with Gasteiger partial charge in [0.1, 0.15) is 6.07 Å². The standard InChI is InChI=1S/C5H3F3N4O/c6-5(7,8)4-11-2(1-9)3(12-10)13-4/h12H,10H2. The fourth-order valence-electron chi connectivity index (χ4n) is 0.615. The average Bonchev–Trinajstić information content (AvgIpc) is 2.45. The number of nitrogen functional groups attached to an aromatic ring is 1. The van der Waals surface area contributed by atoms with Gasteiger partial charge in [0.05, 0.1) is 0 Å². The first-order valence-corrected chi connectivity index (χ1v) is 2.93. The molecule has 1 aromatic heterocycles. The number of rotatable bonds is 1. The number of nitriles is 1. The van der Waals surface area contributed by atoms with Crippen LogP contribution in [-0.2, 0) is 6.18 Å². The highest BCUT2D eigenvalue weighted by molar-refractivity contribution is 5.44. The molecule has 0 saturated heterocycles. The third-order valence-electron chi connectivity index (χ3n) is 1.11. The largest absolute Gasteiger partial charge is 0.469 e. The molecule has 0 aliphatic carbocycles. The van der Waals surface area contributed by atoms with Crippen molar-refractivity contribution in [3.05, 3.63) is 11.6 Å². The summed E-state index contributed by atoms with van der Waals surface area (Å²) in [6.45, 7) is 0. The zero-order valence-electron chi connectivity index (χ0n) is 6.01. The number of hydrogen-bond acceptors (Lipinski definition) is 5. The minimum Gasteiger partial charge on any atom is -0.414 e. The molecule has 1 rings (SSSR count). The van der Waals surface area contributed by atoms with Crippen molar-refractivity contribution in [2.75, 3.05) is 5.43 Å².